The second kappa shape index (κ2) is 11.9. The summed E-state index contributed by atoms with van der Waals surface area (Å²) in [5.41, 5.74) is 2.39. The van der Waals surface area contributed by atoms with E-state index in [9.17, 15) is 0 Å². The molecule has 24 heavy (non-hydrogen) atoms. The smallest absolute Gasteiger partial charge is 0.191 e. The summed E-state index contributed by atoms with van der Waals surface area (Å²) in [7, 11) is 3.50. The molecule has 1 rings (SSSR count). The Labute approximate surface area is 146 Å². The van der Waals surface area contributed by atoms with Gasteiger partial charge in [-0.25, -0.2) is 0 Å². The van der Waals surface area contributed by atoms with Crippen molar-refractivity contribution in [1.29, 1.82) is 0 Å². The second-order valence-electron chi connectivity index (χ2n) is 6.13. The fraction of sp³-hybridized carbons (Fsp3) is 0.632. The number of rotatable bonds is 10. The van der Waals surface area contributed by atoms with Gasteiger partial charge in [-0.1, -0.05) is 38.1 Å². The summed E-state index contributed by atoms with van der Waals surface area (Å²) in [6.07, 6.45) is 1.25. The van der Waals surface area contributed by atoms with Gasteiger partial charge in [0.05, 0.1) is 12.7 Å². The third-order valence-electron chi connectivity index (χ3n) is 3.83. The van der Waals surface area contributed by atoms with Crippen molar-refractivity contribution in [1.82, 2.24) is 10.6 Å². The molecule has 2 N–H and O–H groups in total. The van der Waals surface area contributed by atoms with Crippen LogP contribution in [0.4, 0.5) is 0 Å². The highest BCUT2D eigenvalue weighted by Gasteiger charge is 2.12. The average Bonchev–Trinajstić information content (AvgIpc) is 2.57. The molecular formula is C19H33N3O2. The molecule has 0 saturated heterocycles. The maximum Gasteiger partial charge on any atom is 0.191 e. The number of nitrogens with one attached hydrogen (secondary N) is 2. The highest BCUT2D eigenvalue weighted by Crippen LogP contribution is 2.10. The lowest BCUT2D eigenvalue weighted by Crippen LogP contribution is -2.38. The molecule has 0 fully saturated rings. The van der Waals surface area contributed by atoms with Crippen LogP contribution in [0.1, 0.15) is 38.3 Å². The molecule has 0 saturated carbocycles. The van der Waals surface area contributed by atoms with Gasteiger partial charge in [-0.3, -0.25) is 4.99 Å². The minimum absolute atomic E-state index is 0.284. The molecule has 0 aliphatic heterocycles. The van der Waals surface area contributed by atoms with E-state index in [0.717, 1.165) is 32.1 Å². The number of ether oxygens (including phenoxy) is 2. The summed E-state index contributed by atoms with van der Waals surface area (Å²) in [6.45, 7) is 9.40. The molecule has 0 aliphatic carbocycles. The van der Waals surface area contributed by atoms with E-state index in [1.54, 1.807) is 14.2 Å². The topological polar surface area (TPSA) is 54.9 Å². The first-order chi connectivity index (χ1) is 11.6. The van der Waals surface area contributed by atoms with Gasteiger partial charge in [-0.2, -0.15) is 0 Å². The Hall–Kier alpha value is -1.59. The predicted molar refractivity (Wildman–Crippen MR) is 100 cm³/mol. The van der Waals surface area contributed by atoms with E-state index >= 15 is 0 Å². The van der Waals surface area contributed by atoms with Crippen LogP contribution in [-0.2, 0) is 22.6 Å². The van der Waals surface area contributed by atoms with Crippen molar-refractivity contribution in [3.8, 4) is 0 Å². The number of aliphatic imine (C=N–C) groups is 1. The maximum atomic E-state index is 5.77. The second-order valence-corrected chi connectivity index (χ2v) is 6.13. The lowest BCUT2D eigenvalue weighted by molar-refractivity contribution is 0.0258. The summed E-state index contributed by atoms with van der Waals surface area (Å²) in [4.78, 5) is 4.28. The molecule has 136 valence electrons. The van der Waals surface area contributed by atoms with Crippen molar-refractivity contribution in [3.05, 3.63) is 35.4 Å². The standard InChI is InChI=1S/C19H33N3O2/c1-6-24-18(15(2)3)10-11-21-19(20-4)22-13-16-8-7-9-17(12-16)14-23-5/h7-9,12,15,18H,6,10-11,13-14H2,1-5H3,(H2,20,21,22). The van der Waals surface area contributed by atoms with E-state index in [0.29, 0.717) is 12.5 Å². The van der Waals surface area contributed by atoms with Gasteiger partial charge in [0.15, 0.2) is 5.96 Å². The molecule has 0 bridgehead atoms. The molecule has 5 heteroatoms. The Morgan fingerprint density at radius 1 is 1.21 bits per heavy atom. The minimum atomic E-state index is 0.284. The molecule has 0 heterocycles. The third-order valence-corrected chi connectivity index (χ3v) is 3.83. The Balaban J connectivity index is 2.41. The molecule has 0 aliphatic rings. The van der Waals surface area contributed by atoms with Crippen LogP contribution >= 0.6 is 0 Å². The summed E-state index contributed by atoms with van der Waals surface area (Å²) >= 11 is 0. The molecule has 1 aromatic carbocycles. The van der Waals surface area contributed by atoms with Gasteiger partial charge in [0.1, 0.15) is 0 Å². The SMILES string of the molecule is CCOC(CCNC(=NC)NCc1cccc(COC)c1)C(C)C. The van der Waals surface area contributed by atoms with Gasteiger partial charge in [-0.15, -0.1) is 0 Å². The van der Waals surface area contributed by atoms with Gasteiger partial charge in [0.25, 0.3) is 0 Å². The van der Waals surface area contributed by atoms with Gasteiger partial charge < -0.3 is 20.1 Å². The molecule has 0 amide bonds. The molecule has 0 radical (unpaired) electrons. The predicted octanol–water partition coefficient (Wildman–Crippen LogP) is 2.95. The zero-order chi connectivity index (χ0) is 17.8. The lowest BCUT2D eigenvalue weighted by atomic mass is 10.0. The highest BCUT2D eigenvalue weighted by molar-refractivity contribution is 5.79. The van der Waals surface area contributed by atoms with Crippen molar-refractivity contribution >= 4 is 5.96 Å². The van der Waals surface area contributed by atoms with Crippen molar-refractivity contribution in [3.63, 3.8) is 0 Å². The van der Waals surface area contributed by atoms with Crippen LogP contribution in [0.5, 0.6) is 0 Å². The Bertz CT molecular complexity index is 489. The third kappa shape index (κ3) is 7.79. The zero-order valence-electron chi connectivity index (χ0n) is 15.8. The Morgan fingerprint density at radius 2 is 1.96 bits per heavy atom. The van der Waals surface area contributed by atoms with Gasteiger partial charge >= 0.3 is 0 Å². The summed E-state index contributed by atoms with van der Waals surface area (Å²) < 4.78 is 10.9. The summed E-state index contributed by atoms with van der Waals surface area (Å²) in [5, 5.41) is 6.70. The van der Waals surface area contributed by atoms with Crippen LogP contribution in [0.15, 0.2) is 29.3 Å². The number of hydrogen-bond donors (Lipinski definition) is 2. The van der Waals surface area contributed by atoms with Gasteiger partial charge in [0, 0.05) is 33.9 Å². The average molecular weight is 335 g/mol. The lowest BCUT2D eigenvalue weighted by Gasteiger charge is -2.21. The number of benzene rings is 1. The maximum absolute atomic E-state index is 5.77. The van der Waals surface area contributed by atoms with Crippen molar-refractivity contribution in [2.75, 3.05) is 27.3 Å². The minimum Gasteiger partial charge on any atom is -0.380 e. The van der Waals surface area contributed by atoms with E-state index in [4.69, 9.17) is 9.47 Å². The fourth-order valence-electron chi connectivity index (χ4n) is 2.56. The first-order valence-electron chi connectivity index (χ1n) is 8.73. The molecule has 1 unspecified atom stereocenters. The molecule has 0 aromatic heterocycles. The first kappa shape index (κ1) is 20.5. The number of hydrogen-bond acceptors (Lipinski definition) is 3. The van der Waals surface area contributed by atoms with Gasteiger partial charge in [-0.05, 0) is 30.4 Å². The van der Waals surface area contributed by atoms with Crippen LogP contribution in [0.2, 0.25) is 0 Å². The van der Waals surface area contributed by atoms with Crippen molar-refractivity contribution in [2.45, 2.75) is 46.4 Å². The zero-order valence-corrected chi connectivity index (χ0v) is 15.8. The van der Waals surface area contributed by atoms with Gasteiger partial charge in [0.2, 0.25) is 0 Å². The van der Waals surface area contributed by atoms with E-state index in [-0.39, 0.29) is 6.10 Å². The van der Waals surface area contributed by atoms with Crippen LogP contribution < -0.4 is 10.6 Å². The molecule has 0 spiro atoms. The summed E-state index contributed by atoms with van der Waals surface area (Å²) in [6, 6.07) is 8.37. The monoisotopic (exact) mass is 335 g/mol. The fourth-order valence-corrected chi connectivity index (χ4v) is 2.56. The first-order valence-corrected chi connectivity index (χ1v) is 8.73. The van der Waals surface area contributed by atoms with Crippen LogP contribution in [0.3, 0.4) is 0 Å². The number of nitrogens with zero attached hydrogens (tertiary/aromatic N) is 1. The van der Waals surface area contributed by atoms with Crippen LogP contribution in [0, 0.1) is 5.92 Å². The summed E-state index contributed by atoms with van der Waals surface area (Å²) in [5.74, 6) is 1.33. The normalized spacial score (nSPS) is 13.2. The largest absolute Gasteiger partial charge is 0.380 e. The van der Waals surface area contributed by atoms with Crippen LogP contribution in [-0.4, -0.2) is 39.4 Å². The number of methoxy groups -OCH3 is 1. The molecule has 5 nitrogen and oxygen atoms in total. The quantitative estimate of drug-likeness (QED) is 0.510. The molecule has 1 atom stereocenters. The highest BCUT2D eigenvalue weighted by atomic mass is 16.5. The van der Waals surface area contributed by atoms with E-state index in [2.05, 4.69) is 53.7 Å². The molecule has 1 aromatic rings. The Morgan fingerprint density at radius 3 is 2.58 bits per heavy atom. The van der Waals surface area contributed by atoms with E-state index in [1.807, 2.05) is 6.92 Å². The Kier molecular flexibility index (Phi) is 10.1. The van der Waals surface area contributed by atoms with Crippen LogP contribution in [0.25, 0.3) is 0 Å². The van der Waals surface area contributed by atoms with Crippen molar-refractivity contribution in [2.24, 2.45) is 10.9 Å². The van der Waals surface area contributed by atoms with E-state index in [1.165, 1.54) is 11.1 Å². The molecular weight excluding hydrogens is 302 g/mol. The number of guanidine groups is 1. The van der Waals surface area contributed by atoms with E-state index < -0.39 is 0 Å². The van der Waals surface area contributed by atoms with Crippen molar-refractivity contribution < 1.29 is 9.47 Å².